The summed E-state index contributed by atoms with van der Waals surface area (Å²) in [5.41, 5.74) is 0.106. The smallest absolute Gasteiger partial charge is 0.329 e. The Morgan fingerprint density at radius 1 is 1.37 bits per heavy atom. The fourth-order valence-corrected chi connectivity index (χ4v) is 2.29. The summed E-state index contributed by atoms with van der Waals surface area (Å²) in [7, 11) is 0. The summed E-state index contributed by atoms with van der Waals surface area (Å²) in [5.74, 6) is -1.33. The predicted octanol–water partition coefficient (Wildman–Crippen LogP) is 1.30. The van der Waals surface area contributed by atoms with Gasteiger partial charge in [-0.3, -0.25) is 9.89 Å². The lowest BCUT2D eigenvalue weighted by Crippen LogP contribution is -2.59. The number of rotatable bonds is 3. The van der Waals surface area contributed by atoms with Crippen LogP contribution in [0.2, 0.25) is 0 Å². The number of aliphatic carboxylic acids is 1. The number of carbonyl (C=O) groups is 2. The highest BCUT2D eigenvalue weighted by Gasteiger charge is 2.45. The van der Waals surface area contributed by atoms with Gasteiger partial charge in [0.1, 0.15) is 5.54 Å². The third-order valence-electron chi connectivity index (χ3n) is 3.67. The lowest BCUT2D eigenvalue weighted by Gasteiger charge is -2.38. The summed E-state index contributed by atoms with van der Waals surface area (Å²) in [6.45, 7) is 0. The van der Waals surface area contributed by atoms with Gasteiger partial charge < -0.3 is 10.4 Å². The minimum absolute atomic E-state index is 0.362. The topological polar surface area (TPSA) is 95.1 Å². The molecule has 3 rings (SSSR count). The molecule has 3 N–H and O–H groups in total. The Morgan fingerprint density at radius 2 is 2.16 bits per heavy atom. The number of carboxylic acids is 1. The minimum Gasteiger partial charge on any atom is -0.480 e. The van der Waals surface area contributed by atoms with Crippen molar-refractivity contribution >= 4 is 22.8 Å². The first kappa shape index (κ1) is 11.7. The average Bonchev–Trinajstić information content (AvgIpc) is 2.79. The first-order valence-corrected chi connectivity index (χ1v) is 6.10. The van der Waals surface area contributed by atoms with Gasteiger partial charge in [0, 0.05) is 10.9 Å². The summed E-state index contributed by atoms with van der Waals surface area (Å²) >= 11 is 0. The first-order valence-electron chi connectivity index (χ1n) is 6.10. The van der Waals surface area contributed by atoms with Crippen LogP contribution in [0.4, 0.5) is 0 Å². The summed E-state index contributed by atoms with van der Waals surface area (Å²) in [6.07, 6.45) is 3.47. The zero-order chi connectivity index (χ0) is 13.5. The van der Waals surface area contributed by atoms with Crippen molar-refractivity contribution in [1.82, 2.24) is 15.5 Å². The van der Waals surface area contributed by atoms with Crippen LogP contribution >= 0.6 is 0 Å². The lowest BCUT2D eigenvalue weighted by atomic mass is 9.76. The zero-order valence-electron chi connectivity index (χ0n) is 10.1. The van der Waals surface area contributed by atoms with Gasteiger partial charge >= 0.3 is 5.97 Å². The van der Waals surface area contributed by atoms with Crippen molar-refractivity contribution in [3.8, 4) is 0 Å². The van der Waals surface area contributed by atoms with Gasteiger partial charge in [-0.25, -0.2) is 4.79 Å². The van der Waals surface area contributed by atoms with Crippen LogP contribution in [0.1, 0.15) is 29.6 Å². The highest BCUT2D eigenvalue weighted by atomic mass is 16.4. The quantitative estimate of drug-likeness (QED) is 0.774. The van der Waals surface area contributed by atoms with Crippen LogP contribution in [0.15, 0.2) is 24.4 Å². The van der Waals surface area contributed by atoms with Gasteiger partial charge in [-0.2, -0.15) is 5.10 Å². The number of benzene rings is 1. The maximum Gasteiger partial charge on any atom is 0.329 e. The van der Waals surface area contributed by atoms with E-state index in [1.165, 1.54) is 0 Å². The lowest BCUT2D eigenvalue weighted by molar-refractivity contribution is -0.148. The molecule has 6 heteroatoms. The molecule has 0 atom stereocenters. The summed E-state index contributed by atoms with van der Waals surface area (Å²) in [6, 6.07) is 5.12. The summed E-state index contributed by atoms with van der Waals surface area (Å²) in [4.78, 5) is 23.3. The van der Waals surface area contributed by atoms with E-state index >= 15 is 0 Å². The average molecular weight is 259 g/mol. The standard InChI is InChI=1S/C13H13N3O3/c17-11(15-13(12(18)19)4-1-5-13)8-2-3-9-7-14-16-10(9)6-8/h2-3,6-7H,1,4-5H2,(H,14,16)(H,15,17)(H,18,19). The molecule has 0 aliphatic heterocycles. The van der Waals surface area contributed by atoms with E-state index in [2.05, 4.69) is 15.5 Å². The van der Waals surface area contributed by atoms with Crippen LogP contribution in [-0.2, 0) is 4.79 Å². The molecule has 0 bridgehead atoms. The molecule has 2 aromatic rings. The van der Waals surface area contributed by atoms with Crippen LogP contribution in [0.5, 0.6) is 0 Å². The van der Waals surface area contributed by atoms with Gasteiger partial charge in [-0.05, 0) is 31.4 Å². The number of hydrogen-bond acceptors (Lipinski definition) is 3. The molecule has 1 fully saturated rings. The van der Waals surface area contributed by atoms with Crippen molar-refractivity contribution in [2.45, 2.75) is 24.8 Å². The van der Waals surface area contributed by atoms with Gasteiger partial charge in [0.25, 0.3) is 5.91 Å². The molecular weight excluding hydrogens is 246 g/mol. The molecule has 0 saturated heterocycles. The van der Waals surface area contributed by atoms with E-state index in [0.29, 0.717) is 18.4 Å². The molecule has 0 radical (unpaired) electrons. The van der Waals surface area contributed by atoms with Crippen molar-refractivity contribution < 1.29 is 14.7 Å². The Hall–Kier alpha value is -2.37. The van der Waals surface area contributed by atoms with Gasteiger partial charge in [0.15, 0.2) is 0 Å². The zero-order valence-corrected chi connectivity index (χ0v) is 10.1. The highest BCUT2D eigenvalue weighted by Crippen LogP contribution is 2.32. The number of aromatic amines is 1. The number of aromatic nitrogens is 2. The molecule has 1 aliphatic carbocycles. The van der Waals surface area contributed by atoms with Crippen molar-refractivity contribution in [2.75, 3.05) is 0 Å². The van der Waals surface area contributed by atoms with Gasteiger partial charge in [0.2, 0.25) is 0 Å². The number of hydrogen-bond donors (Lipinski definition) is 3. The summed E-state index contributed by atoms with van der Waals surface area (Å²) in [5, 5.41) is 19.4. The van der Waals surface area contributed by atoms with E-state index in [4.69, 9.17) is 0 Å². The molecule has 1 amide bonds. The largest absolute Gasteiger partial charge is 0.480 e. The maximum atomic E-state index is 12.1. The van der Waals surface area contributed by atoms with Crippen molar-refractivity contribution in [3.63, 3.8) is 0 Å². The summed E-state index contributed by atoms with van der Waals surface area (Å²) < 4.78 is 0. The SMILES string of the molecule is O=C(NC1(C(=O)O)CCC1)c1ccc2cn[nH]c2c1. The van der Waals surface area contributed by atoms with Crippen molar-refractivity contribution in [2.24, 2.45) is 0 Å². The number of H-pyrrole nitrogens is 1. The van der Waals surface area contributed by atoms with Crippen molar-refractivity contribution in [3.05, 3.63) is 30.0 Å². The number of fused-ring (bicyclic) bond motifs is 1. The first-order chi connectivity index (χ1) is 9.11. The number of nitrogens with zero attached hydrogens (tertiary/aromatic N) is 1. The van der Waals surface area contributed by atoms with E-state index in [1.807, 2.05) is 0 Å². The number of nitrogens with one attached hydrogen (secondary N) is 2. The molecule has 98 valence electrons. The van der Waals surface area contributed by atoms with Gasteiger partial charge in [0.05, 0.1) is 11.7 Å². The number of carbonyl (C=O) groups excluding carboxylic acids is 1. The molecule has 1 aromatic carbocycles. The van der Waals surface area contributed by atoms with Crippen LogP contribution < -0.4 is 5.32 Å². The number of carboxylic acid groups (broad SMARTS) is 1. The molecule has 0 spiro atoms. The molecule has 1 aliphatic rings. The number of amides is 1. The fraction of sp³-hybridized carbons (Fsp3) is 0.308. The molecule has 1 saturated carbocycles. The highest BCUT2D eigenvalue weighted by molar-refractivity contribution is 6.00. The Morgan fingerprint density at radius 3 is 2.79 bits per heavy atom. The second-order valence-corrected chi connectivity index (χ2v) is 4.87. The minimum atomic E-state index is -1.08. The van der Waals surface area contributed by atoms with Crippen LogP contribution in [-0.4, -0.2) is 32.7 Å². The predicted molar refractivity (Wildman–Crippen MR) is 67.8 cm³/mol. The molecular formula is C13H13N3O3. The van der Waals surface area contributed by atoms with Crippen LogP contribution in [0, 0.1) is 0 Å². The molecule has 0 unspecified atom stereocenters. The molecule has 1 aromatic heterocycles. The Bertz CT molecular complexity index is 658. The van der Waals surface area contributed by atoms with Crippen LogP contribution in [0.3, 0.4) is 0 Å². The van der Waals surface area contributed by atoms with Gasteiger partial charge in [-0.15, -0.1) is 0 Å². The second-order valence-electron chi connectivity index (χ2n) is 4.87. The van der Waals surface area contributed by atoms with Crippen molar-refractivity contribution in [1.29, 1.82) is 0 Å². The molecule has 6 nitrogen and oxygen atoms in total. The Balaban J connectivity index is 1.85. The normalized spacial score (nSPS) is 16.8. The van der Waals surface area contributed by atoms with E-state index in [0.717, 1.165) is 17.3 Å². The van der Waals surface area contributed by atoms with E-state index in [1.54, 1.807) is 24.4 Å². The van der Waals surface area contributed by atoms with E-state index < -0.39 is 11.5 Å². The molecule has 1 heterocycles. The fourth-order valence-electron chi connectivity index (χ4n) is 2.29. The third-order valence-corrected chi connectivity index (χ3v) is 3.67. The van der Waals surface area contributed by atoms with Gasteiger partial charge in [-0.1, -0.05) is 6.07 Å². The molecule has 19 heavy (non-hydrogen) atoms. The van der Waals surface area contributed by atoms with E-state index in [9.17, 15) is 14.7 Å². The Labute approximate surface area is 108 Å². The maximum absolute atomic E-state index is 12.1. The van der Waals surface area contributed by atoms with E-state index in [-0.39, 0.29) is 5.91 Å². The van der Waals surface area contributed by atoms with Crippen LogP contribution in [0.25, 0.3) is 10.9 Å². The Kier molecular flexibility index (Phi) is 2.51. The monoisotopic (exact) mass is 259 g/mol. The third kappa shape index (κ3) is 1.85. The second kappa shape index (κ2) is 4.08.